The zero-order valence-electron chi connectivity index (χ0n) is 18.3. The van der Waals surface area contributed by atoms with Crippen molar-refractivity contribution in [3.05, 3.63) is 89.2 Å². The van der Waals surface area contributed by atoms with Gasteiger partial charge in [0.15, 0.2) is 0 Å². The first-order valence-corrected chi connectivity index (χ1v) is 10.5. The number of hydrogen-bond acceptors (Lipinski definition) is 1. The lowest BCUT2D eigenvalue weighted by Gasteiger charge is -2.37. The smallest absolute Gasteiger partial charge is 0.348 e. The predicted molar refractivity (Wildman–Crippen MR) is 119 cm³/mol. The molecule has 0 spiro atoms. The Morgan fingerprint density at radius 1 is 0.938 bits per heavy atom. The Kier molecular flexibility index (Phi) is 5.53. The molecule has 0 bridgehead atoms. The number of urea groups is 1. The molecule has 1 aliphatic heterocycles. The third kappa shape index (κ3) is 4.24. The van der Waals surface area contributed by atoms with Crippen molar-refractivity contribution < 1.29 is 18.0 Å². The van der Waals surface area contributed by atoms with Crippen molar-refractivity contribution in [2.24, 2.45) is 0 Å². The molecule has 3 aromatic rings. The maximum absolute atomic E-state index is 13.4. The molecule has 4 rings (SSSR count). The standard InChI is InChI=1S/C25H26F3N3O/c1-24(2,3)18-12-10-17(11-13-18)22-21-9-6-14-30(21)15-16-31(22)23(32)29-20-8-5-4-7-19(20)25(26,27)28/h4-14,22H,15-16H2,1-3H3,(H,29,32)/t22-/m1/s1. The summed E-state index contributed by atoms with van der Waals surface area (Å²) in [7, 11) is 0. The van der Waals surface area contributed by atoms with Crippen LogP contribution in [0.2, 0.25) is 0 Å². The van der Waals surface area contributed by atoms with Gasteiger partial charge in [-0.15, -0.1) is 0 Å². The van der Waals surface area contributed by atoms with Crippen LogP contribution in [0.1, 0.15) is 49.2 Å². The second-order valence-electron chi connectivity index (χ2n) is 9.07. The summed E-state index contributed by atoms with van der Waals surface area (Å²) < 4.78 is 42.3. The molecule has 7 heteroatoms. The Hall–Kier alpha value is -3.22. The molecule has 1 aliphatic rings. The van der Waals surface area contributed by atoms with Crippen LogP contribution in [0.5, 0.6) is 0 Å². The number of rotatable bonds is 2. The Labute approximate surface area is 185 Å². The third-order valence-electron chi connectivity index (χ3n) is 5.87. The molecule has 0 unspecified atom stereocenters. The fourth-order valence-electron chi connectivity index (χ4n) is 4.14. The molecule has 32 heavy (non-hydrogen) atoms. The van der Waals surface area contributed by atoms with Gasteiger partial charge < -0.3 is 14.8 Å². The van der Waals surface area contributed by atoms with Gasteiger partial charge in [-0.1, -0.05) is 57.2 Å². The van der Waals surface area contributed by atoms with E-state index in [2.05, 4.69) is 30.7 Å². The van der Waals surface area contributed by atoms with E-state index in [1.54, 1.807) is 4.90 Å². The molecule has 2 heterocycles. The summed E-state index contributed by atoms with van der Waals surface area (Å²) in [5.74, 6) is 0. The monoisotopic (exact) mass is 441 g/mol. The van der Waals surface area contributed by atoms with Crippen molar-refractivity contribution in [1.82, 2.24) is 9.47 Å². The van der Waals surface area contributed by atoms with Crippen molar-refractivity contribution in [2.75, 3.05) is 11.9 Å². The molecule has 0 aliphatic carbocycles. The number of halogens is 3. The summed E-state index contributed by atoms with van der Waals surface area (Å²) in [6, 6.07) is 16.1. The fraction of sp³-hybridized carbons (Fsp3) is 0.320. The van der Waals surface area contributed by atoms with Gasteiger partial charge >= 0.3 is 12.2 Å². The fourth-order valence-corrected chi connectivity index (χ4v) is 4.14. The largest absolute Gasteiger partial charge is 0.418 e. The minimum Gasteiger partial charge on any atom is -0.348 e. The van der Waals surface area contributed by atoms with E-state index in [-0.39, 0.29) is 11.1 Å². The molecule has 1 N–H and O–H groups in total. The van der Waals surface area contributed by atoms with Crippen LogP contribution in [0, 0.1) is 0 Å². The van der Waals surface area contributed by atoms with Crippen LogP contribution >= 0.6 is 0 Å². The van der Waals surface area contributed by atoms with Crippen LogP contribution in [0.15, 0.2) is 66.9 Å². The van der Waals surface area contributed by atoms with Crippen LogP contribution in [0.3, 0.4) is 0 Å². The number of benzene rings is 2. The molecule has 2 aromatic carbocycles. The number of nitrogens with zero attached hydrogens (tertiary/aromatic N) is 2. The van der Waals surface area contributed by atoms with Crippen molar-refractivity contribution >= 4 is 11.7 Å². The molecule has 0 saturated heterocycles. The Bertz CT molecular complexity index is 1110. The zero-order chi connectivity index (χ0) is 23.1. The highest BCUT2D eigenvalue weighted by molar-refractivity contribution is 5.91. The molecular weight excluding hydrogens is 415 g/mol. The predicted octanol–water partition coefficient (Wildman–Crippen LogP) is 6.44. The van der Waals surface area contributed by atoms with Crippen molar-refractivity contribution in [1.29, 1.82) is 0 Å². The van der Waals surface area contributed by atoms with Crippen LogP contribution in [0.4, 0.5) is 23.7 Å². The molecular formula is C25H26F3N3O. The maximum atomic E-state index is 13.4. The van der Waals surface area contributed by atoms with E-state index in [4.69, 9.17) is 0 Å². The van der Waals surface area contributed by atoms with Gasteiger partial charge in [0.1, 0.15) is 0 Å². The molecule has 0 radical (unpaired) electrons. The summed E-state index contributed by atoms with van der Waals surface area (Å²) in [5.41, 5.74) is 1.90. The van der Waals surface area contributed by atoms with Gasteiger partial charge in [-0.25, -0.2) is 4.79 Å². The lowest BCUT2D eigenvalue weighted by molar-refractivity contribution is -0.136. The lowest BCUT2D eigenvalue weighted by Crippen LogP contribution is -2.44. The average molecular weight is 441 g/mol. The number of carbonyl (C=O) groups excluding carboxylic acids is 1. The molecule has 0 fully saturated rings. The summed E-state index contributed by atoms with van der Waals surface area (Å²) in [6.45, 7) is 7.35. The third-order valence-corrected chi connectivity index (χ3v) is 5.87. The topological polar surface area (TPSA) is 37.3 Å². The minimum atomic E-state index is -4.55. The van der Waals surface area contributed by atoms with Crippen LogP contribution in [0.25, 0.3) is 0 Å². The molecule has 168 valence electrons. The van der Waals surface area contributed by atoms with E-state index in [9.17, 15) is 18.0 Å². The number of aromatic nitrogens is 1. The number of hydrogen-bond donors (Lipinski definition) is 1. The van der Waals surface area contributed by atoms with E-state index < -0.39 is 23.8 Å². The first-order chi connectivity index (χ1) is 15.1. The first kappa shape index (κ1) is 22.0. The maximum Gasteiger partial charge on any atom is 0.418 e. The summed E-state index contributed by atoms with van der Waals surface area (Å²) >= 11 is 0. The summed E-state index contributed by atoms with van der Waals surface area (Å²) in [5, 5.41) is 2.50. The SMILES string of the molecule is CC(C)(C)c1ccc([C@@H]2c3cccn3CCN2C(=O)Nc2ccccc2C(F)(F)F)cc1. The van der Waals surface area contributed by atoms with Crippen LogP contribution in [-0.2, 0) is 18.1 Å². The summed E-state index contributed by atoms with van der Waals surface area (Å²) in [6.07, 6.45) is -2.59. The van der Waals surface area contributed by atoms with Crippen molar-refractivity contribution in [3.63, 3.8) is 0 Å². The normalized spacial score (nSPS) is 16.6. The molecule has 4 nitrogen and oxygen atoms in total. The van der Waals surface area contributed by atoms with E-state index >= 15 is 0 Å². The number of nitrogens with one attached hydrogen (secondary N) is 1. The average Bonchev–Trinajstić information content (AvgIpc) is 3.21. The van der Waals surface area contributed by atoms with E-state index in [1.165, 1.54) is 23.8 Å². The van der Waals surface area contributed by atoms with Gasteiger partial charge in [-0.2, -0.15) is 13.2 Å². The van der Waals surface area contributed by atoms with Gasteiger partial charge in [-0.3, -0.25) is 0 Å². The van der Waals surface area contributed by atoms with Gasteiger partial charge in [-0.05, 0) is 40.8 Å². The highest BCUT2D eigenvalue weighted by Crippen LogP contribution is 2.37. The summed E-state index contributed by atoms with van der Waals surface area (Å²) in [4.78, 5) is 14.8. The Balaban J connectivity index is 1.68. The number of anilines is 1. The van der Waals surface area contributed by atoms with Crippen molar-refractivity contribution in [3.8, 4) is 0 Å². The highest BCUT2D eigenvalue weighted by atomic mass is 19.4. The van der Waals surface area contributed by atoms with Crippen LogP contribution < -0.4 is 5.32 Å². The van der Waals surface area contributed by atoms with Crippen molar-refractivity contribution in [2.45, 2.75) is 44.9 Å². The first-order valence-electron chi connectivity index (χ1n) is 10.5. The Morgan fingerprint density at radius 3 is 2.28 bits per heavy atom. The van der Waals surface area contributed by atoms with Gasteiger partial charge in [0.05, 0.1) is 17.3 Å². The minimum absolute atomic E-state index is 0.0102. The number of amides is 2. The molecule has 1 aromatic heterocycles. The lowest BCUT2D eigenvalue weighted by atomic mass is 9.86. The van der Waals surface area contributed by atoms with Gasteiger partial charge in [0, 0.05) is 25.0 Å². The zero-order valence-corrected chi connectivity index (χ0v) is 18.3. The number of alkyl halides is 3. The quantitative estimate of drug-likeness (QED) is 0.488. The van der Waals surface area contributed by atoms with Gasteiger partial charge in [0.25, 0.3) is 0 Å². The molecule has 2 amide bonds. The second-order valence-corrected chi connectivity index (χ2v) is 9.07. The van der Waals surface area contributed by atoms with Crippen LogP contribution in [-0.4, -0.2) is 22.0 Å². The number of para-hydroxylation sites is 1. The molecule has 0 saturated carbocycles. The Morgan fingerprint density at radius 2 is 1.62 bits per heavy atom. The number of fused-ring (bicyclic) bond motifs is 1. The van der Waals surface area contributed by atoms with E-state index in [0.717, 1.165) is 17.3 Å². The van der Waals surface area contributed by atoms with E-state index in [0.29, 0.717) is 13.1 Å². The number of carbonyl (C=O) groups is 1. The van der Waals surface area contributed by atoms with E-state index in [1.807, 2.05) is 42.6 Å². The van der Waals surface area contributed by atoms with Gasteiger partial charge in [0.2, 0.25) is 0 Å². The molecule has 1 atom stereocenters. The second kappa shape index (κ2) is 8.04. The highest BCUT2D eigenvalue weighted by Gasteiger charge is 2.36.